The Morgan fingerprint density at radius 1 is 1.14 bits per heavy atom. The zero-order valence-corrected chi connectivity index (χ0v) is 14.4. The van der Waals surface area contributed by atoms with Crippen molar-refractivity contribution in [1.82, 2.24) is 0 Å². The number of carbonyl (C=O) groups excluding carboxylic acids is 2. The molecule has 21 heavy (non-hydrogen) atoms. The van der Waals surface area contributed by atoms with E-state index in [2.05, 4.69) is 0 Å². The number of hydrogen-bond donors (Lipinski definition) is 0. The van der Waals surface area contributed by atoms with E-state index in [1.54, 1.807) is 6.08 Å². The fourth-order valence-corrected chi connectivity index (χ4v) is 1.86. The van der Waals surface area contributed by atoms with E-state index in [1.807, 2.05) is 47.6 Å². The molecule has 0 bridgehead atoms. The average Bonchev–Trinajstić information content (AvgIpc) is 2.38. The molecule has 0 radical (unpaired) electrons. The summed E-state index contributed by atoms with van der Waals surface area (Å²) in [5.74, 6) is -0.476. The predicted molar refractivity (Wildman–Crippen MR) is 84.0 cm³/mol. The Hall–Kier alpha value is -1.16. The predicted octanol–water partition coefficient (Wildman–Crippen LogP) is 3.54. The monoisotopic (exact) mass is 298 g/mol. The molecule has 0 heterocycles. The summed E-state index contributed by atoms with van der Waals surface area (Å²) >= 11 is 0. The number of hydrogen-bond acceptors (Lipinski definition) is 4. The van der Waals surface area contributed by atoms with E-state index < -0.39 is 0 Å². The SMILES string of the molecule is COC(=O)[C@H](C)[C@@H](CC/C=C/C(=O)C(C)C)OC(C)(C)C. The lowest BCUT2D eigenvalue weighted by Gasteiger charge is -2.30. The van der Waals surface area contributed by atoms with Crippen molar-refractivity contribution in [2.75, 3.05) is 7.11 Å². The number of carbonyl (C=O) groups is 2. The molecule has 122 valence electrons. The summed E-state index contributed by atoms with van der Waals surface area (Å²) in [5, 5.41) is 0. The average molecular weight is 298 g/mol. The molecule has 2 atom stereocenters. The normalized spacial score (nSPS) is 15.2. The Balaban J connectivity index is 4.62. The largest absolute Gasteiger partial charge is 0.469 e. The molecule has 0 N–H and O–H groups in total. The van der Waals surface area contributed by atoms with Crippen LogP contribution in [0.4, 0.5) is 0 Å². The van der Waals surface area contributed by atoms with E-state index in [0.29, 0.717) is 12.8 Å². The van der Waals surface area contributed by atoms with Crippen LogP contribution >= 0.6 is 0 Å². The summed E-state index contributed by atoms with van der Waals surface area (Å²) in [5.41, 5.74) is -0.329. The van der Waals surface area contributed by atoms with E-state index in [0.717, 1.165) is 0 Å². The first-order chi connectivity index (χ1) is 9.58. The van der Waals surface area contributed by atoms with Crippen LogP contribution in [0.5, 0.6) is 0 Å². The zero-order chi connectivity index (χ0) is 16.6. The first-order valence-corrected chi connectivity index (χ1v) is 7.54. The minimum atomic E-state index is -0.330. The van der Waals surface area contributed by atoms with Crippen molar-refractivity contribution in [1.29, 1.82) is 0 Å². The van der Waals surface area contributed by atoms with Gasteiger partial charge < -0.3 is 9.47 Å². The lowest BCUT2D eigenvalue weighted by molar-refractivity contribution is -0.156. The summed E-state index contributed by atoms with van der Waals surface area (Å²) in [6.45, 7) is 11.4. The number of ether oxygens (including phenoxy) is 2. The second kappa shape index (κ2) is 8.98. The lowest BCUT2D eigenvalue weighted by atomic mass is 9.98. The van der Waals surface area contributed by atoms with E-state index in [-0.39, 0.29) is 35.3 Å². The molecule has 0 rings (SSSR count). The molecule has 0 saturated carbocycles. The van der Waals surface area contributed by atoms with Crippen LogP contribution in [-0.2, 0) is 19.1 Å². The zero-order valence-electron chi connectivity index (χ0n) is 14.4. The number of esters is 1. The molecule has 0 aliphatic rings. The molecule has 0 aromatic carbocycles. The molecule has 4 nitrogen and oxygen atoms in total. The highest BCUT2D eigenvalue weighted by atomic mass is 16.5. The second-order valence-corrected chi connectivity index (χ2v) is 6.62. The van der Waals surface area contributed by atoms with Crippen LogP contribution in [0.3, 0.4) is 0 Å². The summed E-state index contributed by atoms with van der Waals surface area (Å²) in [4.78, 5) is 23.2. The van der Waals surface area contributed by atoms with Crippen molar-refractivity contribution in [2.24, 2.45) is 11.8 Å². The van der Waals surface area contributed by atoms with Crippen LogP contribution in [0.25, 0.3) is 0 Å². The standard InChI is InChI=1S/C17H30O4/c1-12(2)14(18)10-8-9-11-15(21-17(4,5)6)13(3)16(19)20-7/h8,10,12-13,15H,9,11H2,1-7H3/b10-8+/t13-,15-/m1/s1. The maximum atomic E-state index is 11.7. The van der Waals surface area contributed by atoms with Gasteiger partial charge in [0.1, 0.15) is 0 Å². The maximum absolute atomic E-state index is 11.7. The van der Waals surface area contributed by atoms with Crippen LogP contribution in [-0.4, -0.2) is 30.6 Å². The van der Waals surface area contributed by atoms with Crippen LogP contribution < -0.4 is 0 Å². The van der Waals surface area contributed by atoms with Gasteiger partial charge in [0.05, 0.1) is 24.7 Å². The molecule has 0 aromatic heterocycles. The minimum absolute atomic E-state index is 0.0110. The van der Waals surface area contributed by atoms with Crippen LogP contribution in [0.1, 0.15) is 54.4 Å². The first-order valence-electron chi connectivity index (χ1n) is 7.54. The van der Waals surface area contributed by atoms with Gasteiger partial charge in [-0.05, 0) is 46.6 Å². The summed E-state index contributed by atoms with van der Waals surface area (Å²) in [6.07, 6.45) is 4.61. The van der Waals surface area contributed by atoms with Gasteiger partial charge in [0.2, 0.25) is 0 Å². The van der Waals surface area contributed by atoms with Crippen LogP contribution in [0, 0.1) is 11.8 Å². The molecule has 0 unspecified atom stereocenters. The molecule has 0 spiro atoms. The smallest absolute Gasteiger partial charge is 0.311 e. The Labute approximate surface area is 128 Å². The first kappa shape index (κ1) is 19.8. The number of methoxy groups -OCH3 is 1. The van der Waals surface area contributed by atoms with Gasteiger partial charge in [0.25, 0.3) is 0 Å². The number of ketones is 1. The van der Waals surface area contributed by atoms with Gasteiger partial charge in [-0.3, -0.25) is 9.59 Å². The van der Waals surface area contributed by atoms with Crippen LogP contribution in [0.2, 0.25) is 0 Å². The maximum Gasteiger partial charge on any atom is 0.311 e. The van der Waals surface area contributed by atoms with Crippen molar-refractivity contribution < 1.29 is 19.1 Å². The third kappa shape index (κ3) is 8.66. The Morgan fingerprint density at radius 3 is 2.14 bits per heavy atom. The minimum Gasteiger partial charge on any atom is -0.469 e. The summed E-state index contributed by atoms with van der Waals surface area (Å²) < 4.78 is 10.7. The number of allylic oxidation sites excluding steroid dienone is 2. The van der Waals surface area contributed by atoms with E-state index >= 15 is 0 Å². The fraction of sp³-hybridized carbons (Fsp3) is 0.765. The van der Waals surface area contributed by atoms with Crippen LogP contribution in [0.15, 0.2) is 12.2 Å². The highest BCUT2D eigenvalue weighted by Crippen LogP contribution is 2.22. The van der Waals surface area contributed by atoms with Crippen molar-refractivity contribution in [2.45, 2.75) is 66.1 Å². The third-order valence-corrected chi connectivity index (χ3v) is 3.10. The summed E-state index contributed by atoms with van der Waals surface area (Å²) in [7, 11) is 1.38. The van der Waals surface area contributed by atoms with E-state index in [1.165, 1.54) is 7.11 Å². The fourth-order valence-electron chi connectivity index (χ4n) is 1.86. The Morgan fingerprint density at radius 2 is 1.71 bits per heavy atom. The summed E-state index contributed by atoms with van der Waals surface area (Å²) in [6, 6.07) is 0. The van der Waals surface area contributed by atoms with Crippen molar-refractivity contribution in [3.8, 4) is 0 Å². The van der Waals surface area contributed by atoms with Gasteiger partial charge in [-0.2, -0.15) is 0 Å². The molecule has 0 aromatic rings. The number of rotatable bonds is 8. The lowest BCUT2D eigenvalue weighted by Crippen LogP contribution is -2.35. The van der Waals surface area contributed by atoms with Gasteiger partial charge in [0, 0.05) is 5.92 Å². The molecular weight excluding hydrogens is 268 g/mol. The van der Waals surface area contributed by atoms with Crippen molar-refractivity contribution in [3.63, 3.8) is 0 Å². The second-order valence-electron chi connectivity index (χ2n) is 6.62. The topological polar surface area (TPSA) is 52.6 Å². The quantitative estimate of drug-likeness (QED) is 0.508. The van der Waals surface area contributed by atoms with Crippen molar-refractivity contribution in [3.05, 3.63) is 12.2 Å². The molecule has 0 saturated heterocycles. The molecule has 0 fully saturated rings. The Kier molecular flexibility index (Phi) is 8.48. The highest BCUT2D eigenvalue weighted by molar-refractivity contribution is 5.91. The Bertz CT molecular complexity index is 363. The molecule has 0 aliphatic carbocycles. The molecule has 0 amide bonds. The molecule has 0 aliphatic heterocycles. The molecular formula is C17H30O4. The van der Waals surface area contributed by atoms with Gasteiger partial charge in [0.15, 0.2) is 5.78 Å². The van der Waals surface area contributed by atoms with Gasteiger partial charge in [-0.25, -0.2) is 0 Å². The van der Waals surface area contributed by atoms with Gasteiger partial charge in [-0.15, -0.1) is 0 Å². The molecule has 4 heteroatoms. The van der Waals surface area contributed by atoms with Crippen molar-refractivity contribution >= 4 is 11.8 Å². The highest BCUT2D eigenvalue weighted by Gasteiger charge is 2.28. The van der Waals surface area contributed by atoms with Gasteiger partial charge in [-0.1, -0.05) is 19.9 Å². The van der Waals surface area contributed by atoms with E-state index in [4.69, 9.17) is 9.47 Å². The third-order valence-electron chi connectivity index (χ3n) is 3.10. The van der Waals surface area contributed by atoms with E-state index in [9.17, 15) is 9.59 Å². The van der Waals surface area contributed by atoms with Gasteiger partial charge >= 0.3 is 5.97 Å².